The van der Waals surface area contributed by atoms with E-state index in [0.717, 1.165) is 27.1 Å². The predicted octanol–water partition coefficient (Wildman–Crippen LogP) is 0.772. The van der Waals surface area contributed by atoms with E-state index in [0.29, 0.717) is 0 Å². The van der Waals surface area contributed by atoms with Crippen LogP contribution in [0.2, 0.25) is 0 Å². The molecule has 0 N–H and O–H groups in total. The minimum absolute atomic E-state index is 0.383. The molecule has 1 rings (SSSR count). The lowest BCUT2D eigenvalue weighted by Gasteiger charge is -1.75. The van der Waals surface area contributed by atoms with Gasteiger partial charge in [-0.1, -0.05) is 0 Å². The van der Waals surface area contributed by atoms with Crippen LogP contribution in [0.5, 0.6) is 0 Å². The summed E-state index contributed by atoms with van der Waals surface area (Å²) in [5.74, 6) is 3.47. The van der Waals surface area contributed by atoms with E-state index in [2.05, 4.69) is 5.87 Å². The van der Waals surface area contributed by atoms with Crippen molar-refractivity contribution in [2.24, 2.45) is 0 Å². The van der Waals surface area contributed by atoms with Crippen LogP contribution in [0.4, 0.5) is 0 Å². The molecule has 1 saturated heterocycles. The molecular formula is C4H2O2S3. The van der Waals surface area contributed by atoms with Gasteiger partial charge in [-0.25, -0.2) is 0 Å². The summed E-state index contributed by atoms with van der Waals surface area (Å²) >= 11 is 1.93. The first-order chi connectivity index (χ1) is 4.24. The third-order valence-corrected chi connectivity index (χ3v) is 3.78. The van der Waals surface area contributed by atoms with E-state index in [1.165, 1.54) is 10.9 Å². The molecule has 1 fully saturated rings. The molecule has 0 amide bonds. The third-order valence-electron chi connectivity index (χ3n) is 0.637. The molecule has 9 heavy (non-hydrogen) atoms. The topological polar surface area (TPSA) is 34.1 Å². The summed E-state index contributed by atoms with van der Waals surface area (Å²) in [6.07, 6.45) is 0. The molecule has 48 valence electrons. The largest absolute Gasteiger partial charge is 0.277 e. The van der Waals surface area contributed by atoms with E-state index in [1.54, 1.807) is 0 Å². The monoisotopic (exact) mass is 178 g/mol. The van der Waals surface area contributed by atoms with Crippen molar-refractivity contribution in [1.29, 1.82) is 0 Å². The summed E-state index contributed by atoms with van der Waals surface area (Å²) in [6.45, 7) is 0. The second-order valence-electron chi connectivity index (χ2n) is 1.17. The van der Waals surface area contributed by atoms with Crippen molar-refractivity contribution < 1.29 is 9.59 Å². The van der Waals surface area contributed by atoms with Crippen molar-refractivity contribution in [3.8, 4) is 0 Å². The van der Waals surface area contributed by atoms with Crippen LogP contribution in [-0.2, 0) is 9.59 Å². The quantitative estimate of drug-likeness (QED) is 0.405. The highest BCUT2D eigenvalue weighted by Crippen LogP contribution is 2.29. The zero-order valence-electron chi connectivity index (χ0n) is 4.25. The SMILES string of the molecule is C=S=C1SC(=O)C(=O)S1. The van der Waals surface area contributed by atoms with E-state index < -0.39 is 0 Å². The fourth-order valence-electron chi connectivity index (χ4n) is 0.314. The smallest absolute Gasteiger partial charge is 0.272 e. The molecule has 0 aromatic heterocycles. The van der Waals surface area contributed by atoms with Crippen molar-refractivity contribution in [2.45, 2.75) is 0 Å². The second-order valence-corrected chi connectivity index (χ2v) is 4.61. The molecule has 0 atom stereocenters. The molecule has 0 spiro atoms. The van der Waals surface area contributed by atoms with Gasteiger partial charge in [-0.2, -0.15) is 0 Å². The van der Waals surface area contributed by atoms with Crippen LogP contribution in [0.15, 0.2) is 0 Å². The van der Waals surface area contributed by atoms with Gasteiger partial charge in [0.1, 0.15) is 3.53 Å². The molecule has 0 aromatic carbocycles. The minimum atomic E-state index is -0.383. The van der Waals surface area contributed by atoms with Gasteiger partial charge in [0.05, 0.1) is 0 Å². The Morgan fingerprint density at radius 1 is 1.22 bits per heavy atom. The average molecular weight is 178 g/mol. The van der Waals surface area contributed by atoms with Crippen LogP contribution < -0.4 is 0 Å². The standard InChI is InChI=1S/C4H2O2S3/c1-7-4-8-2(5)3(6)9-4/h1H2. The molecule has 0 unspecified atom stereocenters. The van der Waals surface area contributed by atoms with E-state index in [9.17, 15) is 9.59 Å². The lowest BCUT2D eigenvalue weighted by atomic mass is 10.9. The molecule has 0 aliphatic carbocycles. The second kappa shape index (κ2) is 2.72. The first-order valence-electron chi connectivity index (χ1n) is 1.97. The molecule has 5 heteroatoms. The fraction of sp³-hybridized carbons (Fsp3) is 0. The van der Waals surface area contributed by atoms with E-state index in [4.69, 9.17) is 0 Å². The van der Waals surface area contributed by atoms with Crippen LogP contribution in [0, 0.1) is 0 Å². The minimum Gasteiger partial charge on any atom is -0.277 e. The van der Waals surface area contributed by atoms with Gasteiger partial charge in [0.25, 0.3) is 10.2 Å². The van der Waals surface area contributed by atoms with Crippen molar-refractivity contribution in [3.05, 3.63) is 0 Å². The van der Waals surface area contributed by atoms with Crippen LogP contribution >= 0.6 is 34.5 Å². The predicted molar refractivity (Wildman–Crippen MR) is 44.9 cm³/mol. The van der Waals surface area contributed by atoms with Crippen LogP contribution in [0.25, 0.3) is 0 Å². The van der Waals surface area contributed by atoms with Gasteiger partial charge in [-0.3, -0.25) is 9.59 Å². The van der Waals surface area contributed by atoms with Crippen molar-refractivity contribution in [1.82, 2.24) is 0 Å². The Kier molecular flexibility index (Phi) is 2.15. The number of carbonyl (C=O) groups is 2. The van der Waals surface area contributed by atoms with E-state index in [-0.39, 0.29) is 10.2 Å². The molecule has 0 saturated carbocycles. The maximum Gasteiger partial charge on any atom is 0.272 e. The number of hydrogen-bond acceptors (Lipinski definition) is 4. The molecule has 2 nitrogen and oxygen atoms in total. The first-order valence-corrected chi connectivity index (χ1v) is 4.59. The van der Waals surface area contributed by atoms with Gasteiger partial charge in [0, 0.05) is 0 Å². The van der Waals surface area contributed by atoms with Crippen molar-refractivity contribution >= 4 is 54.1 Å². The Hall–Kier alpha value is -0.000000000000000111. The summed E-state index contributed by atoms with van der Waals surface area (Å²) in [5, 5.41) is -0.766. The lowest BCUT2D eigenvalue weighted by Crippen LogP contribution is -1.94. The van der Waals surface area contributed by atoms with Crippen LogP contribution in [0.3, 0.4) is 0 Å². The summed E-state index contributed by atoms with van der Waals surface area (Å²) in [7, 11) is 1.19. The van der Waals surface area contributed by atoms with Gasteiger partial charge < -0.3 is 0 Å². The van der Waals surface area contributed by atoms with E-state index >= 15 is 0 Å². The Balaban J connectivity index is 2.89. The summed E-state index contributed by atoms with van der Waals surface area (Å²) in [5.41, 5.74) is 0. The zero-order valence-corrected chi connectivity index (χ0v) is 6.70. The first kappa shape index (κ1) is 7.11. The zero-order chi connectivity index (χ0) is 6.85. The molecule has 0 bridgehead atoms. The highest BCUT2D eigenvalue weighted by atomic mass is 32.2. The normalized spacial score (nSPS) is 18.9. The van der Waals surface area contributed by atoms with Crippen molar-refractivity contribution in [2.75, 3.05) is 0 Å². The number of hydrogen-bond donors (Lipinski definition) is 0. The number of carbonyl (C=O) groups excluding carboxylic acids is 2. The van der Waals surface area contributed by atoms with Crippen molar-refractivity contribution in [3.63, 3.8) is 0 Å². The number of thioether (sulfide) groups is 2. The highest BCUT2D eigenvalue weighted by Gasteiger charge is 2.27. The molecule has 0 radical (unpaired) electrons. The summed E-state index contributed by atoms with van der Waals surface area (Å²) < 4.78 is 0.727. The molecule has 0 aromatic rings. The van der Waals surface area contributed by atoms with Gasteiger partial charge in [0.15, 0.2) is 0 Å². The average Bonchev–Trinajstić information content (AvgIpc) is 2.13. The summed E-state index contributed by atoms with van der Waals surface area (Å²) in [6, 6.07) is 0. The Morgan fingerprint density at radius 3 is 1.89 bits per heavy atom. The van der Waals surface area contributed by atoms with Gasteiger partial charge >= 0.3 is 0 Å². The maximum atomic E-state index is 10.5. The summed E-state index contributed by atoms with van der Waals surface area (Å²) in [4.78, 5) is 20.9. The lowest BCUT2D eigenvalue weighted by molar-refractivity contribution is -0.126. The maximum absolute atomic E-state index is 10.5. The molecule has 1 aliphatic rings. The third kappa shape index (κ3) is 1.47. The Morgan fingerprint density at radius 2 is 1.67 bits per heavy atom. The molecule has 1 heterocycles. The van der Waals surface area contributed by atoms with Gasteiger partial charge in [-0.15, -0.1) is 10.9 Å². The number of rotatable bonds is 0. The fourth-order valence-corrected chi connectivity index (χ4v) is 2.58. The van der Waals surface area contributed by atoms with Gasteiger partial charge in [0.2, 0.25) is 0 Å². The van der Waals surface area contributed by atoms with Crippen LogP contribution in [0.1, 0.15) is 0 Å². The van der Waals surface area contributed by atoms with Crippen LogP contribution in [-0.4, -0.2) is 19.6 Å². The molecular weight excluding hydrogens is 176 g/mol. The van der Waals surface area contributed by atoms with E-state index in [1.807, 2.05) is 0 Å². The van der Waals surface area contributed by atoms with Gasteiger partial charge in [-0.05, 0) is 29.4 Å². The Labute approximate surface area is 63.9 Å². The Bertz CT molecular complexity index is 208. The highest BCUT2D eigenvalue weighted by molar-refractivity contribution is 8.63. The molecule has 1 aliphatic heterocycles.